The molecule has 1 atom stereocenters. The number of nitrogens with one attached hydrogen (secondary N) is 1. The second-order valence-corrected chi connectivity index (χ2v) is 13.7. The van der Waals surface area contributed by atoms with Gasteiger partial charge in [0.05, 0.1) is 15.6 Å². The van der Waals surface area contributed by atoms with Crippen molar-refractivity contribution in [3.63, 3.8) is 0 Å². The lowest BCUT2D eigenvalue weighted by molar-refractivity contribution is -0.139. The van der Waals surface area contributed by atoms with E-state index in [1.54, 1.807) is 43.3 Å². The van der Waals surface area contributed by atoms with Gasteiger partial charge in [-0.1, -0.05) is 89.9 Å². The van der Waals surface area contributed by atoms with Crippen molar-refractivity contribution >= 4 is 73.9 Å². The Labute approximate surface area is 266 Å². The molecule has 0 aromatic heterocycles. The Morgan fingerprint density at radius 1 is 0.881 bits per heavy atom. The molecule has 0 saturated heterocycles. The van der Waals surface area contributed by atoms with Crippen molar-refractivity contribution in [3.05, 3.63) is 92.4 Å². The van der Waals surface area contributed by atoms with Crippen LogP contribution in [0.3, 0.4) is 0 Å². The summed E-state index contributed by atoms with van der Waals surface area (Å²) in [7, 11) is -4.29. The van der Waals surface area contributed by atoms with Gasteiger partial charge in [0.25, 0.3) is 10.0 Å². The van der Waals surface area contributed by atoms with Crippen LogP contribution in [0.2, 0.25) is 20.1 Å². The number of benzene rings is 3. The summed E-state index contributed by atoms with van der Waals surface area (Å²) in [5, 5.41) is 3.99. The second-order valence-electron chi connectivity index (χ2n) is 10.2. The van der Waals surface area contributed by atoms with Crippen LogP contribution in [-0.2, 0) is 26.2 Å². The molecule has 3 aromatic carbocycles. The standard InChI is InChI=1S/C30H31Cl4N3O4S/c1-20(30(39)35-22-9-4-2-5-10-22)36(18-24-25(32)13-8-14-26(24)33)29(38)19-37(28-17-21(31)15-16-27(28)34)42(40,41)23-11-6-3-7-12-23/h3,6-8,11-17,20,22H,2,4-5,9-10,18-19H2,1H3,(H,35,39)/t20-/m0/s1. The molecular weight excluding hydrogens is 640 g/mol. The van der Waals surface area contributed by atoms with Crippen LogP contribution in [0.5, 0.6) is 0 Å². The van der Waals surface area contributed by atoms with Crippen molar-refractivity contribution < 1.29 is 18.0 Å². The summed E-state index contributed by atoms with van der Waals surface area (Å²) >= 11 is 25.6. The number of anilines is 1. The molecule has 12 heteroatoms. The largest absolute Gasteiger partial charge is 0.352 e. The van der Waals surface area contributed by atoms with Crippen molar-refractivity contribution in [2.45, 2.75) is 62.6 Å². The number of amides is 2. The summed E-state index contributed by atoms with van der Waals surface area (Å²) < 4.78 is 28.7. The monoisotopic (exact) mass is 669 g/mol. The van der Waals surface area contributed by atoms with Crippen LogP contribution in [0.25, 0.3) is 0 Å². The molecule has 0 heterocycles. The molecule has 42 heavy (non-hydrogen) atoms. The highest BCUT2D eigenvalue weighted by Gasteiger charge is 2.34. The molecule has 0 unspecified atom stereocenters. The van der Waals surface area contributed by atoms with E-state index in [-0.39, 0.29) is 39.1 Å². The quantitative estimate of drug-likeness (QED) is 0.244. The minimum Gasteiger partial charge on any atom is -0.352 e. The van der Waals surface area contributed by atoms with Crippen molar-refractivity contribution in [2.75, 3.05) is 10.8 Å². The van der Waals surface area contributed by atoms with E-state index in [0.29, 0.717) is 15.6 Å². The van der Waals surface area contributed by atoms with Gasteiger partial charge in [0, 0.05) is 33.2 Å². The van der Waals surface area contributed by atoms with Gasteiger partial charge >= 0.3 is 0 Å². The van der Waals surface area contributed by atoms with E-state index < -0.39 is 28.5 Å². The zero-order valence-electron chi connectivity index (χ0n) is 22.9. The topological polar surface area (TPSA) is 86.8 Å². The Bertz CT molecular complexity index is 1510. The fourth-order valence-corrected chi connectivity index (χ4v) is 7.31. The van der Waals surface area contributed by atoms with Gasteiger partial charge in [-0.15, -0.1) is 0 Å². The van der Waals surface area contributed by atoms with E-state index in [4.69, 9.17) is 46.4 Å². The Hall–Kier alpha value is -2.49. The molecule has 1 N–H and O–H groups in total. The summed E-state index contributed by atoms with van der Waals surface area (Å²) in [6.45, 7) is 0.808. The van der Waals surface area contributed by atoms with Crippen molar-refractivity contribution in [1.82, 2.24) is 10.2 Å². The highest BCUT2D eigenvalue weighted by molar-refractivity contribution is 7.92. The smallest absolute Gasteiger partial charge is 0.264 e. The molecule has 1 saturated carbocycles. The van der Waals surface area contributed by atoms with Crippen LogP contribution >= 0.6 is 46.4 Å². The molecule has 1 fully saturated rings. The average molecular weight is 671 g/mol. The summed E-state index contributed by atoms with van der Waals surface area (Å²) in [5.74, 6) is -1.01. The fourth-order valence-electron chi connectivity index (χ4n) is 4.92. The minimum absolute atomic E-state index is 0.00905. The lowest BCUT2D eigenvalue weighted by Crippen LogP contribution is -2.53. The third-order valence-corrected chi connectivity index (χ3v) is 10.3. The number of hydrogen-bond donors (Lipinski definition) is 1. The van der Waals surface area contributed by atoms with Gasteiger partial charge < -0.3 is 10.2 Å². The molecule has 7 nitrogen and oxygen atoms in total. The maximum atomic E-state index is 14.1. The predicted octanol–water partition coefficient (Wildman–Crippen LogP) is 7.36. The molecule has 1 aliphatic rings. The van der Waals surface area contributed by atoms with E-state index in [0.717, 1.165) is 36.4 Å². The van der Waals surface area contributed by atoms with Crippen molar-refractivity contribution in [3.8, 4) is 0 Å². The van der Waals surface area contributed by atoms with Crippen LogP contribution in [-0.4, -0.2) is 43.8 Å². The molecule has 3 aromatic rings. The summed E-state index contributed by atoms with van der Waals surface area (Å²) in [6, 6.07) is 16.0. The predicted molar refractivity (Wildman–Crippen MR) is 169 cm³/mol. The summed E-state index contributed by atoms with van der Waals surface area (Å²) in [5.41, 5.74) is 0.459. The van der Waals surface area contributed by atoms with Gasteiger partial charge in [0.2, 0.25) is 11.8 Å². The maximum absolute atomic E-state index is 14.1. The summed E-state index contributed by atoms with van der Waals surface area (Å²) in [6.07, 6.45) is 4.88. The molecule has 1 aliphatic carbocycles. The molecule has 4 rings (SSSR count). The van der Waals surface area contributed by atoms with Crippen LogP contribution in [0.15, 0.2) is 71.6 Å². The molecule has 2 amide bonds. The van der Waals surface area contributed by atoms with Gasteiger partial charge in [-0.3, -0.25) is 13.9 Å². The molecular formula is C30H31Cl4N3O4S. The normalized spacial score (nSPS) is 14.7. The lowest BCUT2D eigenvalue weighted by atomic mass is 9.95. The average Bonchev–Trinajstić information content (AvgIpc) is 2.97. The number of carbonyl (C=O) groups excluding carboxylic acids is 2. The first-order valence-corrected chi connectivity index (χ1v) is 16.5. The first-order valence-electron chi connectivity index (χ1n) is 13.5. The van der Waals surface area contributed by atoms with Gasteiger partial charge in [0.15, 0.2) is 0 Å². The lowest BCUT2D eigenvalue weighted by Gasteiger charge is -2.33. The first kappa shape index (κ1) is 32.4. The van der Waals surface area contributed by atoms with E-state index >= 15 is 0 Å². The minimum atomic E-state index is -4.29. The van der Waals surface area contributed by atoms with Crippen LogP contribution < -0.4 is 9.62 Å². The number of sulfonamides is 1. The molecule has 0 spiro atoms. The van der Waals surface area contributed by atoms with E-state index in [9.17, 15) is 18.0 Å². The third-order valence-electron chi connectivity index (χ3n) is 7.30. The first-order chi connectivity index (χ1) is 20.0. The highest BCUT2D eigenvalue weighted by atomic mass is 35.5. The van der Waals surface area contributed by atoms with Crippen LogP contribution in [0, 0.1) is 0 Å². The molecule has 0 radical (unpaired) electrons. The SMILES string of the molecule is C[C@@H](C(=O)NC1CCCCC1)N(Cc1c(Cl)cccc1Cl)C(=O)CN(c1cc(Cl)ccc1Cl)S(=O)(=O)c1ccccc1. The number of hydrogen-bond acceptors (Lipinski definition) is 4. The Balaban J connectivity index is 1.73. The Morgan fingerprint density at radius 2 is 1.52 bits per heavy atom. The van der Waals surface area contributed by atoms with Crippen molar-refractivity contribution in [2.24, 2.45) is 0 Å². The zero-order chi connectivity index (χ0) is 30.4. The van der Waals surface area contributed by atoms with Crippen molar-refractivity contribution in [1.29, 1.82) is 0 Å². The van der Waals surface area contributed by atoms with Gasteiger partial charge in [0.1, 0.15) is 12.6 Å². The second kappa shape index (κ2) is 14.3. The molecule has 0 bridgehead atoms. The molecule has 224 valence electrons. The van der Waals surface area contributed by atoms with Gasteiger partial charge in [-0.25, -0.2) is 8.42 Å². The fraction of sp³-hybridized carbons (Fsp3) is 0.333. The van der Waals surface area contributed by atoms with Crippen LogP contribution in [0.1, 0.15) is 44.6 Å². The van der Waals surface area contributed by atoms with Crippen LogP contribution in [0.4, 0.5) is 5.69 Å². The van der Waals surface area contributed by atoms with E-state index in [1.807, 2.05) is 0 Å². The summed E-state index contributed by atoms with van der Waals surface area (Å²) in [4.78, 5) is 28.8. The Kier molecular flexibility index (Phi) is 11.1. The number of nitrogens with zero attached hydrogens (tertiary/aromatic N) is 2. The maximum Gasteiger partial charge on any atom is 0.264 e. The zero-order valence-corrected chi connectivity index (χ0v) is 26.7. The number of carbonyl (C=O) groups is 2. The number of halogens is 4. The van der Waals surface area contributed by atoms with Gasteiger partial charge in [-0.2, -0.15) is 0 Å². The third kappa shape index (κ3) is 7.71. The Morgan fingerprint density at radius 3 is 2.17 bits per heavy atom. The molecule has 0 aliphatic heterocycles. The highest BCUT2D eigenvalue weighted by Crippen LogP contribution is 2.34. The van der Waals surface area contributed by atoms with E-state index in [1.165, 1.54) is 35.2 Å². The van der Waals surface area contributed by atoms with E-state index in [2.05, 4.69) is 5.32 Å². The van der Waals surface area contributed by atoms with Gasteiger partial charge in [-0.05, 0) is 62.2 Å². The number of rotatable bonds is 10.